The summed E-state index contributed by atoms with van der Waals surface area (Å²) in [5.74, 6) is -0.254. The maximum atomic E-state index is 11.2. The molecule has 0 saturated carbocycles. The van der Waals surface area contributed by atoms with E-state index >= 15 is 0 Å². The first-order chi connectivity index (χ1) is 8.58. The van der Waals surface area contributed by atoms with Crippen LogP contribution in [0.3, 0.4) is 0 Å². The van der Waals surface area contributed by atoms with Crippen molar-refractivity contribution in [2.75, 3.05) is 18.4 Å². The van der Waals surface area contributed by atoms with Crippen molar-refractivity contribution in [1.82, 2.24) is 5.32 Å². The fraction of sp³-hybridized carbons (Fsp3) is 0.273. The Morgan fingerprint density at radius 1 is 1.56 bits per heavy atom. The van der Waals surface area contributed by atoms with Gasteiger partial charge in [-0.3, -0.25) is 14.9 Å². The largest absolute Gasteiger partial charge is 0.371 e. The van der Waals surface area contributed by atoms with Gasteiger partial charge in [-0.2, -0.15) is 5.26 Å². The molecular weight excluding hydrogens is 236 g/mol. The number of benzene rings is 1. The molecule has 0 fully saturated rings. The maximum Gasteiger partial charge on any atom is 0.293 e. The number of rotatable bonds is 5. The van der Waals surface area contributed by atoms with E-state index in [1.807, 2.05) is 6.07 Å². The topological polar surface area (TPSA) is 108 Å². The van der Waals surface area contributed by atoms with E-state index in [0.29, 0.717) is 6.54 Å². The zero-order valence-corrected chi connectivity index (χ0v) is 9.77. The number of hydrogen-bond donors (Lipinski definition) is 2. The molecule has 0 aromatic heterocycles. The molecule has 7 nitrogen and oxygen atoms in total. The van der Waals surface area contributed by atoms with Gasteiger partial charge in [0.2, 0.25) is 5.91 Å². The third-order valence-corrected chi connectivity index (χ3v) is 2.14. The predicted molar refractivity (Wildman–Crippen MR) is 65.0 cm³/mol. The Balaban J connectivity index is 2.86. The molecule has 2 N–H and O–H groups in total. The standard InChI is InChI=1S/C11H12N4O3/c1-2-13-11(16)7-14-9-4-3-8(6-12)5-10(9)15(17)18/h3-5,14H,2,7H2,1H3,(H,13,16). The number of carbonyl (C=O) groups is 1. The molecule has 0 spiro atoms. The zero-order chi connectivity index (χ0) is 13.5. The number of nitrogens with one attached hydrogen (secondary N) is 2. The SMILES string of the molecule is CCNC(=O)CNc1ccc(C#N)cc1[N+](=O)[O-]. The van der Waals surface area contributed by atoms with Crippen LogP contribution in [0.5, 0.6) is 0 Å². The summed E-state index contributed by atoms with van der Waals surface area (Å²) < 4.78 is 0. The Morgan fingerprint density at radius 3 is 2.83 bits per heavy atom. The number of nitro groups is 1. The van der Waals surface area contributed by atoms with E-state index in [1.165, 1.54) is 18.2 Å². The number of carbonyl (C=O) groups excluding carboxylic acids is 1. The average Bonchev–Trinajstić information content (AvgIpc) is 2.36. The van der Waals surface area contributed by atoms with E-state index in [4.69, 9.17) is 5.26 Å². The summed E-state index contributed by atoms with van der Waals surface area (Å²) in [6.07, 6.45) is 0. The quantitative estimate of drug-likeness (QED) is 0.597. The number of anilines is 1. The Morgan fingerprint density at radius 2 is 2.28 bits per heavy atom. The van der Waals surface area contributed by atoms with Crippen molar-refractivity contribution in [2.45, 2.75) is 6.92 Å². The summed E-state index contributed by atoms with van der Waals surface area (Å²) in [6, 6.07) is 5.85. The molecule has 94 valence electrons. The van der Waals surface area contributed by atoms with Crippen molar-refractivity contribution in [3.05, 3.63) is 33.9 Å². The van der Waals surface area contributed by atoms with E-state index < -0.39 is 4.92 Å². The number of nitriles is 1. The van der Waals surface area contributed by atoms with Crippen molar-refractivity contribution in [3.8, 4) is 6.07 Å². The molecule has 0 saturated heterocycles. The van der Waals surface area contributed by atoms with E-state index in [9.17, 15) is 14.9 Å². The van der Waals surface area contributed by atoms with Crippen LogP contribution in [0, 0.1) is 21.4 Å². The molecular formula is C11H12N4O3. The molecule has 0 bridgehead atoms. The van der Waals surface area contributed by atoms with Gasteiger partial charge >= 0.3 is 0 Å². The molecule has 7 heteroatoms. The van der Waals surface area contributed by atoms with E-state index in [2.05, 4.69) is 10.6 Å². The van der Waals surface area contributed by atoms with Crippen LogP contribution < -0.4 is 10.6 Å². The molecule has 0 aliphatic carbocycles. The third kappa shape index (κ3) is 3.45. The van der Waals surface area contributed by atoms with Gasteiger partial charge in [0.1, 0.15) is 5.69 Å². The highest BCUT2D eigenvalue weighted by Crippen LogP contribution is 2.24. The summed E-state index contributed by atoms with van der Waals surface area (Å²) in [7, 11) is 0. The highest BCUT2D eigenvalue weighted by Gasteiger charge is 2.15. The lowest BCUT2D eigenvalue weighted by molar-refractivity contribution is -0.384. The minimum Gasteiger partial charge on any atom is -0.371 e. The van der Waals surface area contributed by atoms with Gasteiger partial charge in [-0.15, -0.1) is 0 Å². The first-order valence-corrected chi connectivity index (χ1v) is 5.27. The maximum absolute atomic E-state index is 11.2. The molecule has 1 amide bonds. The van der Waals surface area contributed by atoms with Crippen LogP contribution >= 0.6 is 0 Å². The lowest BCUT2D eigenvalue weighted by atomic mass is 10.2. The Kier molecular flexibility index (Phi) is 4.63. The second-order valence-electron chi connectivity index (χ2n) is 3.41. The summed E-state index contributed by atoms with van der Waals surface area (Å²) in [5.41, 5.74) is 0.189. The summed E-state index contributed by atoms with van der Waals surface area (Å²) in [5, 5.41) is 24.7. The van der Waals surface area contributed by atoms with Crippen LogP contribution in [0.1, 0.15) is 12.5 Å². The molecule has 0 aliphatic rings. The smallest absolute Gasteiger partial charge is 0.293 e. The Bertz CT molecular complexity index is 508. The number of hydrogen-bond acceptors (Lipinski definition) is 5. The van der Waals surface area contributed by atoms with Crippen LogP contribution in [0.25, 0.3) is 0 Å². The molecule has 0 aliphatic heterocycles. The van der Waals surface area contributed by atoms with Crippen LogP contribution in [0.4, 0.5) is 11.4 Å². The lowest BCUT2D eigenvalue weighted by Gasteiger charge is -2.07. The molecule has 1 aromatic rings. The second kappa shape index (κ2) is 6.20. The predicted octanol–water partition coefficient (Wildman–Crippen LogP) is 1.01. The summed E-state index contributed by atoms with van der Waals surface area (Å²) in [4.78, 5) is 21.4. The molecule has 1 aromatic carbocycles. The fourth-order valence-electron chi connectivity index (χ4n) is 1.34. The Labute approximate surface area is 104 Å². The van der Waals surface area contributed by atoms with Crippen molar-refractivity contribution in [2.24, 2.45) is 0 Å². The molecule has 0 heterocycles. The lowest BCUT2D eigenvalue weighted by Crippen LogP contribution is -2.29. The monoisotopic (exact) mass is 248 g/mol. The van der Waals surface area contributed by atoms with Crippen molar-refractivity contribution >= 4 is 17.3 Å². The minimum atomic E-state index is -0.596. The van der Waals surface area contributed by atoms with Gasteiger partial charge < -0.3 is 10.6 Å². The van der Waals surface area contributed by atoms with Crippen molar-refractivity contribution in [1.29, 1.82) is 5.26 Å². The van der Waals surface area contributed by atoms with Crippen LogP contribution in [0.15, 0.2) is 18.2 Å². The first-order valence-electron chi connectivity index (χ1n) is 5.27. The van der Waals surface area contributed by atoms with E-state index in [-0.39, 0.29) is 29.4 Å². The van der Waals surface area contributed by atoms with E-state index in [0.717, 1.165) is 0 Å². The van der Waals surface area contributed by atoms with Gasteiger partial charge in [-0.1, -0.05) is 0 Å². The first kappa shape index (κ1) is 13.4. The highest BCUT2D eigenvalue weighted by atomic mass is 16.6. The molecule has 0 radical (unpaired) electrons. The third-order valence-electron chi connectivity index (χ3n) is 2.14. The normalized spacial score (nSPS) is 9.33. The van der Waals surface area contributed by atoms with Crippen LogP contribution in [-0.4, -0.2) is 23.9 Å². The van der Waals surface area contributed by atoms with Crippen molar-refractivity contribution in [3.63, 3.8) is 0 Å². The van der Waals surface area contributed by atoms with Crippen molar-refractivity contribution < 1.29 is 9.72 Å². The van der Waals surface area contributed by atoms with Gasteiger partial charge in [0.25, 0.3) is 5.69 Å². The molecule has 18 heavy (non-hydrogen) atoms. The number of likely N-dealkylation sites (N-methyl/N-ethyl adjacent to an activating group) is 1. The van der Waals surface area contributed by atoms with Gasteiger partial charge in [-0.05, 0) is 19.1 Å². The van der Waals surface area contributed by atoms with Crippen LogP contribution in [-0.2, 0) is 4.79 Å². The van der Waals surface area contributed by atoms with E-state index in [1.54, 1.807) is 6.92 Å². The Hall–Kier alpha value is -2.62. The number of nitrogens with zero attached hydrogens (tertiary/aromatic N) is 2. The summed E-state index contributed by atoms with van der Waals surface area (Å²) >= 11 is 0. The minimum absolute atomic E-state index is 0.0550. The number of nitro benzene ring substituents is 1. The fourth-order valence-corrected chi connectivity index (χ4v) is 1.34. The van der Waals surface area contributed by atoms with Crippen LogP contribution in [0.2, 0.25) is 0 Å². The number of amides is 1. The molecule has 1 rings (SSSR count). The summed E-state index contributed by atoms with van der Waals surface area (Å²) in [6.45, 7) is 2.22. The van der Waals surface area contributed by atoms with Gasteiger partial charge in [-0.25, -0.2) is 0 Å². The molecule has 0 unspecified atom stereocenters. The average molecular weight is 248 g/mol. The van der Waals surface area contributed by atoms with Gasteiger partial charge in [0, 0.05) is 12.6 Å². The second-order valence-corrected chi connectivity index (χ2v) is 3.41. The highest BCUT2D eigenvalue weighted by molar-refractivity contribution is 5.81. The van der Waals surface area contributed by atoms with Gasteiger partial charge in [0.15, 0.2) is 0 Å². The molecule has 0 atom stereocenters. The zero-order valence-electron chi connectivity index (χ0n) is 9.77. The van der Waals surface area contributed by atoms with Gasteiger partial charge in [0.05, 0.1) is 23.1 Å².